The van der Waals surface area contributed by atoms with Crippen LogP contribution in [0.15, 0.2) is 52.3 Å². The fraction of sp³-hybridized carbons (Fsp3) is 0.276. The summed E-state index contributed by atoms with van der Waals surface area (Å²) >= 11 is 1.39. The van der Waals surface area contributed by atoms with Crippen molar-refractivity contribution in [2.45, 2.75) is 46.5 Å². The SMILES string of the molecule is CCOC(=O)c1c(-n2c(O)c(C=Nc3c(C)cccc3C)c3ccccc3c2=O)sc2c1CCCC2. The largest absolute Gasteiger partial charge is 0.494 e. The molecule has 184 valence electrons. The Kier molecular flexibility index (Phi) is 6.49. The van der Waals surface area contributed by atoms with E-state index in [9.17, 15) is 14.7 Å². The Morgan fingerprint density at radius 2 is 1.78 bits per heavy atom. The number of thiophene rings is 1. The standard InChI is InChI=1S/C29H28N2O4S/c1-4-35-29(34)24-21-14-7-8-15-23(21)36-28(24)31-26(32)20-13-6-5-12-19(20)22(27(31)33)16-30-25-17(2)10-9-11-18(25)3/h5-6,9-13,16,33H,4,7-8,14-15H2,1-3H3. The van der Waals surface area contributed by atoms with Crippen LogP contribution in [0.2, 0.25) is 0 Å². The van der Waals surface area contributed by atoms with E-state index < -0.39 is 5.97 Å². The summed E-state index contributed by atoms with van der Waals surface area (Å²) in [6.07, 6.45) is 5.21. The molecule has 2 aromatic carbocycles. The molecule has 1 aliphatic rings. The highest BCUT2D eigenvalue weighted by Crippen LogP contribution is 2.39. The second-order valence-corrected chi connectivity index (χ2v) is 10.1. The molecule has 0 amide bonds. The van der Waals surface area contributed by atoms with Gasteiger partial charge in [0.05, 0.1) is 23.4 Å². The predicted octanol–water partition coefficient (Wildman–Crippen LogP) is 6.18. The number of ether oxygens (including phenoxy) is 1. The Morgan fingerprint density at radius 1 is 1.08 bits per heavy atom. The van der Waals surface area contributed by atoms with Crippen molar-refractivity contribution in [2.75, 3.05) is 6.61 Å². The number of benzene rings is 2. The summed E-state index contributed by atoms with van der Waals surface area (Å²) in [6, 6.07) is 13.1. The van der Waals surface area contributed by atoms with Crippen molar-refractivity contribution in [1.29, 1.82) is 0 Å². The summed E-state index contributed by atoms with van der Waals surface area (Å²) < 4.78 is 6.66. The minimum atomic E-state index is -0.461. The van der Waals surface area contributed by atoms with Gasteiger partial charge in [0.2, 0.25) is 5.88 Å². The van der Waals surface area contributed by atoms with E-state index >= 15 is 0 Å². The maximum absolute atomic E-state index is 13.7. The normalized spacial score (nSPS) is 13.3. The second-order valence-electron chi connectivity index (χ2n) is 9.03. The van der Waals surface area contributed by atoms with Gasteiger partial charge in [-0.05, 0) is 69.2 Å². The van der Waals surface area contributed by atoms with Crippen molar-refractivity contribution in [3.63, 3.8) is 0 Å². The van der Waals surface area contributed by atoms with Crippen LogP contribution in [0, 0.1) is 13.8 Å². The van der Waals surface area contributed by atoms with Crippen molar-refractivity contribution < 1.29 is 14.6 Å². The quantitative estimate of drug-likeness (QED) is 0.262. The molecule has 7 heteroatoms. The van der Waals surface area contributed by atoms with Gasteiger partial charge in [-0.15, -0.1) is 11.3 Å². The summed E-state index contributed by atoms with van der Waals surface area (Å²) in [5.41, 5.74) is 4.22. The number of rotatable bonds is 5. The molecule has 6 nitrogen and oxygen atoms in total. The molecule has 0 radical (unpaired) electrons. The lowest BCUT2D eigenvalue weighted by atomic mass is 9.95. The number of para-hydroxylation sites is 1. The van der Waals surface area contributed by atoms with Crippen LogP contribution in [-0.2, 0) is 17.6 Å². The highest BCUT2D eigenvalue weighted by Gasteiger charge is 2.30. The van der Waals surface area contributed by atoms with Crippen LogP contribution < -0.4 is 5.56 Å². The van der Waals surface area contributed by atoms with E-state index in [0.717, 1.165) is 52.9 Å². The van der Waals surface area contributed by atoms with Crippen molar-refractivity contribution in [2.24, 2.45) is 4.99 Å². The van der Waals surface area contributed by atoms with Gasteiger partial charge in [0.25, 0.3) is 5.56 Å². The van der Waals surface area contributed by atoms with Crippen LogP contribution >= 0.6 is 11.3 Å². The Labute approximate surface area is 213 Å². The first kappa shape index (κ1) is 24.0. The number of aryl methyl sites for hydroxylation is 3. The number of hydrogen-bond acceptors (Lipinski definition) is 6. The monoisotopic (exact) mass is 500 g/mol. The highest BCUT2D eigenvalue weighted by atomic mass is 32.1. The molecule has 1 N–H and O–H groups in total. The summed E-state index contributed by atoms with van der Waals surface area (Å²) in [7, 11) is 0. The number of nitrogens with zero attached hydrogens (tertiary/aromatic N) is 2. The smallest absolute Gasteiger partial charge is 0.341 e. The van der Waals surface area contributed by atoms with E-state index in [0.29, 0.717) is 26.9 Å². The zero-order valence-corrected chi connectivity index (χ0v) is 21.4. The Hall–Kier alpha value is -3.71. The number of carbonyl (C=O) groups is 1. The molecule has 2 aromatic heterocycles. The number of esters is 1. The summed E-state index contributed by atoms with van der Waals surface area (Å²) in [4.78, 5) is 32.6. The van der Waals surface area contributed by atoms with E-state index in [1.54, 1.807) is 31.3 Å². The minimum absolute atomic E-state index is 0.231. The topological polar surface area (TPSA) is 80.9 Å². The van der Waals surface area contributed by atoms with E-state index in [1.165, 1.54) is 15.9 Å². The Balaban J connectivity index is 1.80. The molecule has 1 aliphatic carbocycles. The summed E-state index contributed by atoms with van der Waals surface area (Å²) in [6.45, 7) is 5.97. The van der Waals surface area contributed by atoms with Gasteiger partial charge < -0.3 is 9.84 Å². The van der Waals surface area contributed by atoms with Crippen molar-refractivity contribution in [1.82, 2.24) is 4.57 Å². The molecule has 0 fully saturated rings. The molecule has 4 aromatic rings. The average Bonchev–Trinajstić information content (AvgIpc) is 3.25. The van der Waals surface area contributed by atoms with Crippen LogP contribution in [0.4, 0.5) is 5.69 Å². The van der Waals surface area contributed by atoms with Crippen LogP contribution in [0.5, 0.6) is 5.88 Å². The van der Waals surface area contributed by atoms with Gasteiger partial charge in [0.15, 0.2) is 0 Å². The van der Waals surface area contributed by atoms with Crippen LogP contribution in [0.3, 0.4) is 0 Å². The maximum Gasteiger partial charge on any atom is 0.341 e. The fourth-order valence-corrected chi connectivity index (χ4v) is 6.32. The molecule has 36 heavy (non-hydrogen) atoms. The van der Waals surface area contributed by atoms with Gasteiger partial charge in [-0.1, -0.05) is 36.4 Å². The minimum Gasteiger partial charge on any atom is -0.494 e. The van der Waals surface area contributed by atoms with Gasteiger partial charge in [-0.2, -0.15) is 0 Å². The zero-order chi connectivity index (χ0) is 25.4. The van der Waals surface area contributed by atoms with Gasteiger partial charge in [-0.25, -0.2) is 9.36 Å². The third kappa shape index (κ3) is 4.03. The first-order valence-electron chi connectivity index (χ1n) is 12.2. The molecule has 5 rings (SSSR count). The average molecular weight is 501 g/mol. The lowest BCUT2D eigenvalue weighted by Crippen LogP contribution is -2.22. The first-order chi connectivity index (χ1) is 17.4. The predicted molar refractivity (Wildman–Crippen MR) is 145 cm³/mol. The molecular weight excluding hydrogens is 472 g/mol. The number of fused-ring (bicyclic) bond motifs is 2. The summed E-state index contributed by atoms with van der Waals surface area (Å²) in [5, 5.41) is 13.0. The maximum atomic E-state index is 13.7. The fourth-order valence-electron chi connectivity index (χ4n) is 4.94. The third-order valence-corrected chi connectivity index (χ3v) is 7.98. The number of hydrogen-bond donors (Lipinski definition) is 1. The first-order valence-corrected chi connectivity index (χ1v) is 13.0. The van der Waals surface area contributed by atoms with Gasteiger partial charge in [0, 0.05) is 21.9 Å². The lowest BCUT2D eigenvalue weighted by Gasteiger charge is -2.15. The van der Waals surface area contributed by atoms with E-state index in [4.69, 9.17) is 9.73 Å². The van der Waals surface area contributed by atoms with Crippen LogP contribution in [-0.4, -0.2) is 28.5 Å². The Bertz CT molecular complexity index is 1560. The van der Waals surface area contributed by atoms with Gasteiger partial charge in [0.1, 0.15) is 5.00 Å². The van der Waals surface area contributed by atoms with Crippen molar-refractivity contribution >= 4 is 40.0 Å². The van der Waals surface area contributed by atoms with E-state index in [-0.39, 0.29) is 18.0 Å². The molecule has 0 bridgehead atoms. The Morgan fingerprint density at radius 3 is 2.50 bits per heavy atom. The van der Waals surface area contributed by atoms with Crippen LogP contribution in [0.1, 0.15) is 57.3 Å². The van der Waals surface area contributed by atoms with E-state index in [2.05, 4.69) is 0 Å². The lowest BCUT2D eigenvalue weighted by molar-refractivity contribution is 0.0525. The third-order valence-electron chi connectivity index (χ3n) is 6.70. The zero-order valence-electron chi connectivity index (χ0n) is 20.6. The number of aliphatic imine (C=N–C) groups is 1. The second kappa shape index (κ2) is 9.74. The number of pyridine rings is 1. The van der Waals surface area contributed by atoms with E-state index in [1.807, 2.05) is 38.1 Å². The molecule has 0 aliphatic heterocycles. The van der Waals surface area contributed by atoms with Crippen LogP contribution in [0.25, 0.3) is 15.8 Å². The molecule has 0 unspecified atom stereocenters. The van der Waals surface area contributed by atoms with Crippen molar-refractivity contribution in [3.05, 3.63) is 85.5 Å². The number of aromatic hydroxyl groups is 1. The number of aromatic nitrogens is 1. The molecular formula is C29H28N2O4S. The molecule has 0 spiro atoms. The summed E-state index contributed by atoms with van der Waals surface area (Å²) in [5.74, 6) is -0.699. The molecule has 2 heterocycles. The number of carbonyl (C=O) groups excluding carboxylic acids is 1. The molecule has 0 atom stereocenters. The van der Waals surface area contributed by atoms with Crippen molar-refractivity contribution in [3.8, 4) is 10.9 Å². The highest BCUT2D eigenvalue weighted by molar-refractivity contribution is 7.15. The van der Waals surface area contributed by atoms with Gasteiger partial charge >= 0.3 is 5.97 Å². The molecule has 0 saturated heterocycles. The molecule has 0 saturated carbocycles. The van der Waals surface area contributed by atoms with Gasteiger partial charge in [-0.3, -0.25) is 9.79 Å².